The van der Waals surface area contributed by atoms with Crippen LogP contribution < -0.4 is 5.32 Å². The van der Waals surface area contributed by atoms with Crippen LogP contribution >= 0.6 is 11.3 Å². The Labute approximate surface area is 93.7 Å². The van der Waals surface area contributed by atoms with Crippen LogP contribution in [0, 0.1) is 0 Å². The lowest BCUT2D eigenvalue weighted by molar-refractivity contribution is 0.655. The second-order valence-electron chi connectivity index (χ2n) is 3.44. The summed E-state index contributed by atoms with van der Waals surface area (Å²) in [7, 11) is 0. The number of thiophene rings is 1. The zero-order valence-corrected chi connectivity index (χ0v) is 9.63. The van der Waals surface area contributed by atoms with Crippen molar-refractivity contribution in [3.63, 3.8) is 0 Å². The molecule has 2 rings (SSSR count). The molecule has 3 nitrogen and oxygen atoms in total. The largest absolute Gasteiger partial charge is 0.308 e. The Morgan fingerprint density at radius 2 is 2.27 bits per heavy atom. The molecule has 0 aliphatic carbocycles. The third-order valence-corrected chi connectivity index (χ3v) is 2.98. The minimum Gasteiger partial charge on any atom is -0.308 e. The quantitative estimate of drug-likeness (QED) is 0.839. The first-order valence-corrected chi connectivity index (χ1v) is 6.06. The first kappa shape index (κ1) is 10.4. The fourth-order valence-corrected chi connectivity index (χ4v) is 2.08. The molecule has 80 valence electrons. The Kier molecular flexibility index (Phi) is 3.53. The third kappa shape index (κ3) is 2.91. The SMILES string of the molecule is CCn1cc(CNCc2ccsc2)cn1. The van der Waals surface area contributed by atoms with Gasteiger partial charge in [0.1, 0.15) is 0 Å². The highest BCUT2D eigenvalue weighted by molar-refractivity contribution is 7.07. The molecule has 0 bridgehead atoms. The van der Waals surface area contributed by atoms with Gasteiger partial charge in [-0.2, -0.15) is 16.4 Å². The number of rotatable bonds is 5. The summed E-state index contributed by atoms with van der Waals surface area (Å²) in [4.78, 5) is 0. The Morgan fingerprint density at radius 1 is 1.40 bits per heavy atom. The maximum atomic E-state index is 4.23. The Balaban J connectivity index is 1.78. The predicted octanol–water partition coefficient (Wildman–Crippen LogP) is 2.25. The van der Waals surface area contributed by atoms with Gasteiger partial charge in [-0.1, -0.05) is 0 Å². The van der Waals surface area contributed by atoms with Gasteiger partial charge >= 0.3 is 0 Å². The lowest BCUT2D eigenvalue weighted by Gasteiger charge is -2.00. The molecule has 0 saturated carbocycles. The molecule has 15 heavy (non-hydrogen) atoms. The van der Waals surface area contributed by atoms with Gasteiger partial charge in [0.05, 0.1) is 6.20 Å². The molecule has 4 heteroatoms. The average Bonchev–Trinajstić information content (AvgIpc) is 2.88. The zero-order chi connectivity index (χ0) is 10.5. The van der Waals surface area contributed by atoms with E-state index >= 15 is 0 Å². The molecule has 1 N–H and O–H groups in total. The van der Waals surface area contributed by atoms with E-state index in [2.05, 4.69) is 40.4 Å². The van der Waals surface area contributed by atoms with Crippen LogP contribution in [-0.2, 0) is 19.6 Å². The van der Waals surface area contributed by atoms with Crippen LogP contribution in [0.15, 0.2) is 29.2 Å². The zero-order valence-electron chi connectivity index (χ0n) is 8.81. The fraction of sp³-hybridized carbons (Fsp3) is 0.364. The first-order valence-electron chi connectivity index (χ1n) is 5.11. The van der Waals surface area contributed by atoms with Crippen LogP contribution in [0.25, 0.3) is 0 Å². The van der Waals surface area contributed by atoms with E-state index in [9.17, 15) is 0 Å². The molecule has 0 aliphatic heterocycles. The van der Waals surface area contributed by atoms with Crippen molar-refractivity contribution in [2.24, 2.45) is 0 Å². The lowest BCUT2D eigenvalue weighted by Crippen LogP contribution is -2.11. The highest BCUT2D eigenvalue weighted by Crippen LogP contribution is 2.05. The van der Waals surface area contributed by atoms with E-state index in [0.29, 0.717) is 0 Å². The molecule has 0 amide bonds. The van der Waals surface area contributed by atoms with E-state index in [1.165, 1.54) is 11.1 Å². The van der Waals surface area contributed by atoms with Crippen LogP contribution in [0.3, 0.4) is 0 Å². The number of hydrogen-bond acceptors (Lipinski definition) is 3. The second-order valence-corrected chi connectivity index (χ2v) is 4.22. The fourth-order valence-electron chi connectivity index (χ4n) is 1.42. The number of aromatic nitrogens is 2. The van der Waals surface area contributed by atoms with E-state index in [-0.39, 0.29) is 0 Å². The van der Waals surface area contributed by atoms with Crippen molar-refractivity contribution in [3.8, 4) is 0 Å². The molecule has 0 aliphatic rings. The van der Waals surface area contributed by atoms with Gasteiger partial charge in [-0.25, -0.2) is 0 Å². The Morgan fingerprint density at radius 3 is 2.93 bits per heavy atom. The van der Waals surface area contributed by atoms with E-state index in [4.69, 9.17) is 0 Å². The number of aryl methyl sites for hydroxylation is 1. The van der Waals surface area contributed by atoms with E-state index in [1.807, 2.05) is 10.9 Å². The second kappa shape index (κ2) is 5.09. The van der Waals surface area contributed by atoms with Crippen molar-refractivity contribution >= 4 is 11.3 Å². The standard InChI is InChI=1S/C11H15N3S/c1-2-14-8-11(7-13-14)6-12-5-10-3-4-15-9-10/h3-4,7-9,12H,2,5-6H2,1H3. The summed E-state index contributed by atoms with van der Waals surface area (Å²) in [5.74, 6) is 0. The average molecular weight is 221 g/mol. The minimum absolute atomic E-state index is 0.885. The summed E-state index contributed by atoms with van der Waals surface area (Å²) in [6.07, 6.45) is 4.00. The van der Waals surface area contributed by atoms with Crippen LogP contribution in [0.5, 0.6) is 0 Å². The van der Waals surface area contributed by atoms with Crippen LogP contribution in [0.4, 0.5) is 0 Å². The molecule has 0 aromatic carbocycles. The highest BCUT2D eigenvalue weighted by Gasteiger charge is 1.97. The smallest absolute Gasteiger partial charge is 0.0534 e. The first-order chi connectivity index (χ1) is 7.38. The van der Waals surface area contributed by atoms with Crippen molar-refractivity contribution in [2.45, 2.75) is 26.6 Å². The van der Waals surface area contributed by atoms with E-state index in [1.54, 1.807) is 11.3 Å². The Bertz CT molecular complexity index is 392. The maximum absolute atomic E-state index is 4.23. The van der Waals surface area contributed by atoms with Gasteiger partial charge in [-0.05, 0) is 29.3 Å². The number of nitrogens with one attached hydrogen (secondary N) is 1. The summed E-state index contributed by atoms with van der Waals surface area (Å²) >= 11 is 1.74. The summed E-state index contributed by atoms with van der Waals surface area (Å²) in [6.45, 7) is 4.84. The van der Waals surface area contributed by atoms with Crippen molar-refractivity contribution in [1.29, 1.82) is 0 Å². The van der Waals surface area contributed by atoms with E-state index < -0.39 is 0 Å². The summed E-state index contributed by atoms with van der Waals surface area (Å²) in [5, 5.41) is 11.9. The van der Waals surface area contributed by atoms with E-state index in [0.717, 1.165) is 19.6 Å². The molecule has 2 aromatic rings. The molecule has 0 atom stereocenters. The third-order valence-electron chi connectivity index (χ3n) is 2.25. The van der Waals surface area contributed by atoms with Gasteiger partial charge in [0.15, 0.2) is 0 Å². The van der Waals surface area contributed by atoms with Gasteiger partial charge in [0.25, 0.3) is 0 Å². The maximum Gasteiger partial charge on any atom is 0.0534 e. The van der Waals surface area contributed by atoms with Crippen molar-refractivity contribution in [2.75, 3.05) is 0 Å². The summed E-state index contributed by atoms with van der Waals surface area (Å²) in [5.41, 5.74) is 2.59. The Hall–Kier alpha value is -1.13. The number of hydrogen-bond donors (Lipinski definition) is 1. The molecular formula is C11H15N3S. The van der Waals surface area contributed by atoms with Gasteiger partial charge < -0.3 is 5.32 Å². The van der Waals surface area contributed by atoms with Gasteiger partial charge in [0, 0.05) is 31.4 Å². The monoisotopic (exact) mass is 221 g/mol. The molecule has 0 saturated heterocycles. The van der Waals surface area contributed by atoms with Crippen molar-refractivity contribution < 1.29 is 0 Å². The van der Waals surface area contributed by atoms with Crippen molar-refractivity contribution in [1.82, 2.24) is 15.1 Å². The van der Waals surface area contributed by atoms with Crippen LogP contribution in [0.1, 0.15) is 18.1 Å². The van der Waals surface area contributed by atoms with Gasteiger partial charge in [-0.3, -0.25) is 4.68 Å². The van der Waals surface area contributed by atoms with Crippen LogP contribution in [0.2, 0.25) is 0 Å². The topological polar surface area (TPSA) is 29.9 Å². The lowest BCUT2D eigenvalue weighted by atomic mass is 10.3. The van der Waals surface area contributed by atoms with Gasteiger partial charge in [0.2, 0.25) is 0 Å². The number of nitrogens with zero attached hydrogens (tertiary/aromatic N) is 2. The predicted molar refractivity (Wildman–Crippen MR) is 62.8 cm³/mol. The molecule has 0 spiro atoms. The van der Waals surface area contributed by atoms with Crippen LogP contribution in [-0.4, -0.2) is 9.78 Å². The van der Waals surface area contributed by atoms with Gasteiger partial charge in [-0.15, -0.1) is 0 Å². The minimum atomic E-state index is 0.885. The molecule has 2 heterocycles. The molecule has 0 unspecified atom stereocenters. The molecule has 2 aromatic heterocycles. The molecular weight excluding hydrogens is 206 g/mol. The highest BCUT2D eigenvalue weighted by atomic mass is 32.1. The normalized spacial score (nSPS) is 10.7. The molecule has 0 fully saturated rings. The summed E-state index contributed by atoms with van der Waals surface area (Å²) < 4.78 is 1.95. The van der Waals surface area contributed by atoms with Crippen molar-refractivity contribution in [3.05, 3.63) is 40.3 Å². The summed E-state index contributed by atoms with van der Waals surface area (Å²) in [6, 6.07) is 2.15. The molecule has 0 radical (unpaired) electrons.